The Kier molecular flexibility index (Phi) is 4.61. The van der Waals surface area contributed by atoms with Gasteiger partial charge in [-0.3, -0.25) is 0 Å². The summed E-state index contributed by atoms with van der Waals surface area (Å²) in [6.45, 7) is 4.21. The first-order valence-electron chi connectivity index (χ1n) is 10.2. The molecule has 4 aromatic carbocycles. The van der Waals surface area contributed by atoms with Crippen LogP contribution in [0.25, 0.3) is 44.7 Å². The highest BCUT2D eigenvalue weighted by Gasteiger charge is 2.11. The minimum Gasteiger partial charge on any atom is -0.228 e. The molecule has 5 aromatic rings. The monoisotopic (exact) mass is 386 g/mol. The van der Waals surface area contributed by atoms with Gasteiger partial charge in [0.1, 0.15) is 0 Å². The van der Waals surface area contributed by atoms with Crippen LogP contribution in [0.5, 0.6) is 0 Å². The van der Waals surface area contributed by atoms with Crippen LogP contribution in [0.1, 0.15) is 11.1 Å². The summed E-state index contributed by atoms with van der Waals surface area (Å²) < 4.78 is 0. The van der Waals surface area contributed by atoms with E-state index >= 15 is 0 Å². The smallest absolute Gasteiger partial charge is 0.160 e. The van der Waals surface area contributed by atoms with E-state index in [1.807, 2.05) is 12.1 Å². The third-order valence-electron chi connectivity index (χ3n) is 5.46. The van der Waals surface area contributed by atoms with Crippen molar-refractivity contribution in [3.8, 4) is 33.8 Å². The number of hydrogen-bond acceptors (Lipinski definition) is 2. The van der Waals surface area contributed by atoms with Crippen LogP contribution >= 0.6 is 0 Å². The number of hydrogen-bond donors (Lipinski definition) is 0. The van der Waals surface area contributed by atoms with Gasteiger partial charge in [0.15, 0.2) is 5.82 Å². The van der Waals surface area contributed by atoms with Crippen molar-refractivity contribution >= 4 is 10.9 Å². The third kappa shape index (κ3) is 3.48. The maximum absolute atomic E-state index is 4.97. The van der Waals surface area contributed by atoms with Crippen LogP contribution in [0.15, 0.2) is 97.1 Å². The standard InChI is InChI=1S/C28H22N2/c1-19-7-11-21(12-8-19)22-15-17-24(18-16-22)28-29-26-6-4-3-5-25(26)27(30-28)23-13-9-20(2)10-14-23/h3-18H,1-2H3. The Morgan fingerprint density at radius 1 is 0.467 bits per heavy atom. The maximum Gasteiger partial charge on any atom is 0.160 e. The van der Waals surface area contributed by atoms with E-state index in [-0.39, 0.29) is 0 Å². The molecule has 0 aliphatic rings. The number of para-hydroxylation sites is 1. The number of fused-ring (bicyclic) bond motifs is 1. The molecule has 2 heteroatoms. The van der Waals surface area contributed by atoms with Gasteiger partial charge in [-0.25, -0.2) is 9.97 Å². The number of rotatable bonds is 3. The Balaban J connectivity index is 1.60. The van der Waals surface area contributed by atoms with Crippen molar-refractivity contribution < 1.29 is 0 Å². The molecule has 144 valence electrons. The molecular weight excluding hydrogens is 364 g/mol. The van der Waals surface area contributed by atoms with Crippen molar-refractivity contribution in [2.45, 2.75) is 13.8 Å². The molecule has 0 bridgehead atoms. The Morgan fingerprint density at radius 3 is 1.60 bits per heavy atom. The average molecular weight is 386 g/mol. The van der Waals surface area contributed by atoms with Gasteiger partial charge in [-0.05, 0) is 31.0 Å². The summed E-state index contributed by atoms with van der Waals surface area (Å²) >= 11 is 0. The van der Waals surface area contributed by atoms with Gasteiger partial charge in [-0.2, -0.15) is 0 Å². The quantitative estimate of drug-likeness (QED) is 0.326. The zero-order valence-electron chi connectivity index (χ0n) is 17.1. The summed E-state index contributed by atoms with van der Waals surface area (Å²) in [5.41, 5.74) is 8.97. The number of nitrogens with zero attached hydrogens (tertiary/aromatic N) is 2. The molecule has 2 nitrogen and oxygen atoms in total. The van der Waals surface area contributed by atoms with Gasteiger partial charge in [0, 0.05) is 16.5 Å². The normalized spacial score (nSPS) is 11.0. The molecule has 5 rings (SSSR count). The molecule has 0 atom stereocenters. The fourth-order valence-electron chi connectivity index (χ4n) is 3.69. The van der Waals surface area contributed by atoms with Gasteiger partial charge >= 0.3 is 0 Å². The van der Waals surface area contributed by atoms with E-state index in [0.29, 0.717) is 0 Å². The first kappa shape index (κ1) is 18.3. The highest BCUT2D eigenvalue weighted by molar-refractivity contribution is 5.93. The van der Waals surface area contributed by atoms with Crippen LogP contribution < -0.4 is 0 Å². The average Bonchev–Trinajstić information content (AvgIpc) is 2.80. The van der Waals surface area contributed by atoms with E-state index in [9.17, 15) is 0 Å². The summed E-state index contributed by atoms with van der Waals surface area (Å²) in [5.74, 6) is 0.750. The highest BCUT2D eigenvalue weighted by atomic mass is 14.9. The summed E-state index contributed by atoms with van der Waals surface area (Å²) in [7, 11) is 0. The minimum atomic E-state index is 0.750. The molecule has 0 fully saturated rings. The second-order valence-corrected chi connectivity index (χ2v) is 7.72. The molecule has 0 aliphatic heterocycles. The van der Waals surface area contributed by atoms with Crippen LogP contribution in [-0.4, -0.2) is 9.97 Å². The summed E-state index contributed by atoms with van der Waals surface area (Å²) in [6, 6.07) is 33.8. The molecule has 1 heterocycles. The predicted molar refractivity (Wildman–Crippen MR) is 125 cm³/mol. The first-order valence-corrected chi connectivity index (χ1v) is 10.2. The Bertz CT molecular complexity index is 1320. The van der Waals surface area contributed by atoms with Crippen molar-refractivity contribution in [2.75, 3.05) is 0 Å². The second-order valence-electron chi connectivity index (χ2n) is 7.72. The molecule has 0 saturated carbocycles. The van der Waals surface area contributed by atoms with Crippen LogP contribution in [0, 0.1) is 13.8 Å². The van der Waals surface area contributed by atoms with E-state index in [4.69, 9.17) is 9.97 Å². The predicted octanol–water partition coefficient (Wildman–Crippen LogP) is 7.25. The van der Waals surface area contributed by atoms with Gasteiger partial charge < -0.3 is 0 Å². The molecule has 0 N–H and O–H groups in total. The van der Waals surface area contributed by atoms with E-state index < -0.39 is 0 Å². The van der Waals surface area contributed by atoms with Crippen LogP contribution in [0.2, 0.25) is 0 Å². The molecule has 0 aliphatic carbocycles. The van der Waals surface area contributed by atoms with Gasteiger partial charge in [0.2, 0.25) is 0 Å². The summed E-state index contributed by atoms with van der Waals surface area (Å²) in [4.78, 5) is 9.83. The number of aryl methyl sites for hydroxylation is 2. The molecule has 0 radical (unpaired) electrons. The lowest BCUT2D eigenvalue weighted by atomic mass is 10.0. The highest BCUT2D eigenvalue weighted by Crippen LogP contribution is 2.30. The lowest BCUT2D eigenvalue weighted by Gasteiger charge is -2.10. The van der Waals surface area contributed by atoms with Gasteiger partial charge in [-0.15, -0.1) is 0 Å². The molecule has 0 amide bonds. The fourth-order valence-corrected chi connectivity index (χ4v) is 3.69. The number of aromatic nitrogens is 2. The van der Waals surface area contributed by atoms with Gasteiger partial charge in [0.05, 0.1) is 11.2 Å². The van der Waals surface area contributed by atoms with Gasteiger partial charge in [-0.1, -0.05) is 102 Å². The van der Waals surface area contributed by atoms with E-state index in [0.717, 1.165) is 33.5 Å². The zero-order chi connectivity index (χ0) is 20.5. The largest absolute Gasteiger partial charge is 0.228 e. The van der Waals surface area contributed by atoms with E-state index in [1.54, 1.807) is 0 Å². The summed E-state index contributed by atoms with van der Waals surface area (Å²) in [6.07, 6.45) is 0. The van der Waals surface area contributed by atoms with E-state index in [1.165, 1.54) is 22.3 Å². The molecule has 0 saturated heterocycles. The molecule has 0 spiro atoms. The Labute approximate surface area is 176 Å². The minimum absolute atomic E-state index is 0.750. The fraction of sp³-hybridized carbons (Fsp3) is 0.0714. The van der Waals surface area contributed by atoms with Crippen LogP contribution in [-0.2, 0) is 0 Å². The van der Waals surface area contributed by atoms with Crippen molar-refractivity contribution in [1.82, 2.24) is 9.97 Å². The first-order chi connectivity index (χ1) is 14.7. The molecule has 1 aromatic heterocycles. The molecule has 0 unspecified atom stereocenters. The van der Waals surface area contributed by atoms with Crippen LogP contribution in [0.4, 0.5) is 0 Å². The molecular formula is C28H22N2. The lowest BCUT2D eigenvalue weighted by molar-refractivity contribution is 1.23. The van der Waals surface area contributed by atoms with E-state index in [2.05, 4.69) is 98.8 Å². The van der Waals surface area contributed by atoms with Crippen molar-refractivity contribution in [3.05, 3.63) is 108 Å². The van der Waals surface area contributed by atoms with Crippen LogP contribution in [0.3, 0.4) is 0 Å². The van der Waals surface area contributed by atoms with Gasteiger partial charge in [0.25, 0.3) is 0 Å². The SMILES string of the molecule is Cc1ccc(-c2ccc(-c3nc(-c4ccc(C)cc4)c4ccccc4n3)cc2)cc1. The topological polar surface area (TPSA) is 25.8 Å². The van der Waals surface area contributed by atoms with Crippen molar-refractivity contribution in [1.29, 1.82) is 0 Å². The number of benzene rings is 4. The summed E-state index contributed by atoms with van der Waals surface area (Å²) in [5, 5.41) is 1.07. The lowest BCUT2D eigenvalue weighted by Crippen LogP contribution is -1.95. The van der Waals surface area contributed by atoms with Crippen molar-refractivity contribution in [3.63, 3.8) is 0 Å². The Morgan fingerprint density at radius 2 is 0.967 bits per heavy atom. The third-order valence-corrected chi connectivity index (χ3v) is 5.46. The molecule has 30 heavy (non-hydrogen) atoms. The zero-order valence-corrected chi connectivity index (χ0v) is 17.1. The van der Waals surface area contributed by atoms with Crippen molar-refractivity contribution in [2.24, 2.45) is 0 Å². The second kappa shape index (κ2) is 7.57. The maximum atomic E-state index is 4.97. The Hall–Kier alpha value is -3.78.